The van der Waals surface area contributed by atoms with Crippen LogP contribution in [0, 0.1) is 12.8 Å². The number of hydrogen-bond acceptors (Lipinski definition) is 5. The van der Waals surface area contributed by atoms with Crippen LogP contribution in [0.15, 0.2) is 60.9 Å². The number of benzene rings is 2. The molecule has 1 N–H and O–H groups in total. The van der Waals surface area contributed by atoms with E-state index in [0.29, 0.717) is 19.5 Å². The van der Waals surface area contributed by atoms with Crippen molar-refractivity contribution in [2.75, 3.05) is 13.4 Å². The molecule has 3 aromatic rings. The minimum atomic E-state index is -2.89. The van der Waals surface area contributed by atoms with Crippen LogP contribution >= 0.6 is 0 Å². The molecule has 2 unspecified atom stereocenters. The third-order valence-electron chi connectivity index (χ3n) is 7.34. The van der Waals surface area contributed by atoms with E-state index in [9.17, 15) is 18.7 Å². The molecule has 196 valence electrons. The smallest absolute Gasteiger partial charge is 0.343 e. The van der Waals surface area contributed by atoms with Crippen LogP contribution < -0.4 is 14.0 Å². The van der Waals surface area contributed by atoms with Crippen LogP contribution in [0.4, 0.5) is 8.78 Å². The molecule has 0 amide bonds. The number of esters is 1. The van der Waals surface area contributed by atoms with Gasteiger partial charge in [-0.05, 0) is 29.7 Å². The van der Waals surface area contributed by atoms with Crippen molar-refractivity contribution in [1.29, 1.82) is 0 Å². The van der Waals surface area contributed by atoms with Gasteiger partial charge in [0.15, 0.2) is 17.1 Å². The molecule has 0 spiro atoms. The Hall–Kier alpha value is -3.46. The number of rotatable bonds is 9. The molecule has 37 heavy (non-hydrogen) atoms. The van der Waals surface area contributed by atoms with Crippen LogP contribution in [0.1, 0.15) is 42.6 Å². The third kappa shape index (κ3) is 5.18. The van der Waals surface area contributed by atoms with Gasteiger partial charge in [-0.25, -0.2) is 22.7 Å². The molecule has 1 aliphatic carbocycles. The summed E-state index contributed by atoms with van der Waals surface area (Å²) in [6.07, 6.45) is 3.63. The Labute approximate surface area is 214 Å². The van der Waals surface area contributed by atoms with E-state index in [1.54, 1.807) is 30.3 Å². The van der Waals surface area contributed by atoms with Gasteiger partial charge in [-0.1, -0.05) is 36.4 Å². The first-order valence-electron chi connectivity index (χ1n) is 12.5. The van der Waals surface area contributed by atoms with Crippen molar-refractivity contribution in [3.63, 3.8) is 0 Å². The number of hydrogen-bond donors (Lipinski definition) is 1. The quantitative estimate of drug-likeness (QED) is 0.265. The minimum absolute atomic E-state index is 0.0550. The van der Waals surface area contributed by atoms with E-state index in [-0.39, 0.29) is 31.8 Å². The van der Waals surface area contributed by atoms with E-state index in [1.165, 1.54) is 0 Å². The molecule has 0 saturated heterocycles. The maximum absolute atomic E-state index is 14.0. The molecule has 7 nitrogen and oxygen atoms in total. The highest BCUT2D eigenvalue weighted by Gasteiger charge is 2.54. The lowest BCUT2D eigenvalue weighted by Crippen LogP contribution is -2.44. The molecule has 0 bridgehead atoms. The largest absolute Gasteiger partial charge is 0.463 e. The Morgan fingerprint density at radius 2 is 2.00 bits per heavy atom. The fourth-order valence-corrected chi connectivity index (χ4v) is 5.21. The van der Waals surface area contributed by atoms with Crippen LogP contribution in [0.2, 0.25) is 0 Å². The SMILES string of the molecule is Cc1n(CCCOC(=O)C(O)(c2ccccc2)C2CCC(F)(F)C2)cc[n+]1Cc1ccc2c(c1)OCO2. The summed E-state index contributed by atoms with van der Waals surface area (Å²) in [7, 11) is 0. The summed E-state index contributed by atoms with van der Waals surface area (Å²) >= 11 is 0. The highest BCUT2D eigenvalue weighted by Crippen LogP contribution is 2.47. The van der Waals surface area contributed by atoms with Crippen molar-refractivity contribution < 1.29 is 37.5 Å². The third-order valence-corrected chi connectivity index (χ3v) is 7.34. The van der Waals surface area contributed by atoms with Gasteiger partial charge in [0.25, 0.3) is 5.82 Å². The van der Waals surface area contributed by atoms with Gasteiger partial charge in [-0.2, -0.15) is 0 Å². The van der Waals surface area contributed by atoms with Crippen LogP contribution in [0.5, 0.6) is 11.5 Å². The van der Waals surface area contributed by atoms with Gasteiger partial charge in [0.05, 0.1) is 13.2 Å². The van der Waals surface area contributed by atoms with E-state index in [1.807, 2.05) is 37.5 Å². The number of carbonyl (C=O) groups excluding carboxylic acids is 1. The summed E-state index contributed by atoms with van der Waals surface area (Å²) in [6, 6.07) is 14.1. The molecule has 2 aromatic carbocycles. The lowest BCUT2D eigenvalue weighted by molar-refractivity contribution is -0.694. The molecular formula is C28H31F2N2O5+. The standard InChI is InChI=1S/C28H31F2N2O5/c1-20-31(13-14-32(20)18-21-8-9-24-25(16-21)37-19-36-24)12-5-15-35-26(33)28(34,22-6-3-2-4-7-22)23-10-11-27(29,30)17-23/h2-4,6-9,13-14,16,23,34H,5,10-12,15,17-19H2,1H3/q+1. The monoisotopic (exact) mass is 513 g/mol. The number of alkyl halides is 2. The number of ether oxygens (including phenoxy) is 3. The van der Waals surface area contributed by atoms with Crippen molar-refractivity contribution in [3.8, 4) is 11.5 Å². The number of aliphatic hydroxyl groups is 1. The predicted molar refractivity (Wildman–Crippen MR) is 129 cm³/mol. The highest BCUT2D eigenvalue weighted by atomic mass is 19.3. The van der Waals surface area contributed by atoms with Gasteiger partial charge in [0.1, 0.15) is 18.9 Å². The number of nitrogens with zero attached hydrogens (tertiary/aromatic N) is 2. The molecule has 2 heterocycles. The van der Waals surface area contributed by atoms with Crippen molar-refractivity contribution >= 4 is 5.97 Å². The summed E-state index contributed by atoms with van der Waals surface area (Å²) in [4.78, 5) is 13.1. The Kier molecular flexibility index (Phi) is 6.90. The van der Waals surface area contributed by atoms with Crippen molar-refractivity contribution in [1.82, 2.24) is 4.57 Å². The van der Waals surface area contributed by atoms with E-state index < -0.39 is 29.8 Å². The number of aryl methyl sites for hydroxylation is 1. The molecule has 1 fully saturated rings. The lowest BCUT2D eigenvalue weighted by atomic mass is 9.80. The zero-order valence-corrected chi connectivity index (χ0v) is 20.7. The number of carbonyl (C=O) groups is 1. The number of halogens is 2. The number of fused-ring (bicyclic) bond motifs is 1. The lowest BCUT2D eigenvalue weighted by Gasteiger charge is -2.32. The highest BCUT2D eigenvalue weighted by molar-refractivity contribution is 5.81. The van der Waals surface area contributed by atoms with Crippen molar-refractivity contribution in [2.45, 2.75) is 57.2 Å². The molecule has 9 heteroatoms. The topological polar surface area (TPSA) is 73.8 Å². The van der Waals surface area contributed by atoms with Gasteiger partial charge in [0, 0.05) is 32.1 Å². The molecule has 2 atom stereocenters. The summed E-state index contributed by atoms with van der Waals surface area (Å²) < 4.78 is 48.4. The molecule has 0 radical (unpaired) electrons. The first-order valence-corrected chi connectivity index (χ1v) is 12.5. The number of imidazole rings is 1. The Bertz CT molecular complexity index is 1260. The summed E-state index contributed by atoms with van der Waals surface area (Å²) in [5, 5.41) is 11.4. The Morgan fingerprint density at radius 1 is 1.22 bits per heavy atom. The molecule has 2 aliphatic rings. The minimum Gasteiger partial charge on any atom is -0.463 e. The van der Waals surface area contributed by atoms with Crippen LogP contribution in [-0.4, -0.2) is 35.0 Å². The van der Waals surface area contributed by atoms with Crippen LogP contribution in [0.25, 0.3) is 0 Å². The van der Waals surface area contributed by atoms with Gasteiger partial charge in [0.2, 0.25) is 12.7 Å². The van der Waals surface area contributed by atoms with Crippen LogP contribution in [0.3, 0.4) is 0 Å². The average Bonchev–Trinajstić information content (AvgIpc) is 3.60. The first kappa shape index (κ1) is 25.2. The van der Waals surface area contributed by atoms with Gasteiger partial charge >= 0.3 is 5.97 Å². The molecule has 5 rings (SSSR count). The molecule has 1 saturated carbocycles. The maximum atomic E-state index is 14.0. The fraction of sp³-hybridized carbons (Fsp3) is 0.429. The van der Waals surface area contributed by atoms with Gasteiger partial charge < -0.3 is 19.3 Å². The number of aromatic nitrogens is 2. The molecule has 1 aliphatic heterocycles. The second-order valence-corrected chi connectivity index (χ2v) is 9.77. The average molecular weight is 514 g/mol. The maximum Gasteiger partial charge on any atom is 0.343 e. The molecular weight excluding hydrogens is 482 g/mol. The van der Waals surface area contributed by atoms with E-state index in [2.05, 4.69) is 9.13 Å². The van der Waals surface area contributed by atoms with Gasteiger partial charge in [-0.15, -0.1) is 0 Å². The Balaban J connectivity index is 1.19. The second-order valence-electron chi connectivity index (χ2n) is 9.77. The normalized spacial score (nSPS) is 19.5. The summed E-state index contributed by atoms with van der Waals surface area (Å²) in [6.45, 7) is 3.57. The fourth-order valence-electron chi connectivity index (χ4n) is 5.21. The first-order chi connectivity index (χ1) is 17.8. The zero-order valence-electron chi connectivity index (χ0n) is 20.7. The molecule has 1 aromatic heterocycles. The van der Waals surface area contributed by atoms with Gasteiger partial charge in [-0.3, -0.25) is 0 Å². The predicted octanol–water partition coefficient (Wildman–Crippen LogP) is 4.12. The van der Waals surface area contributed by atoms with Crippen LogP contribution in [-0.2, 0) is 28.2 Å². The second kappa shape index (κ2) is 10.1. The van der Waals surface area contributed by atoms with Crippen molar-refractivity contribution in [2.24, 2.45) is 5.92 Å². The zero-order chi connectivity index (χ0) is 26.0. The van der Waals surface area contributed by atoms with E-state index in [4.69, 9.17) is 14.2 Å². The van der Waals surface area contributed by atoms with E-state index in [0.717, 1.165) is 22.9 Å². The van der Waals surface area contributed by atoms with E-state index >= 15 is 0 Å². The van der Waals surface area contributed by atoms with Crippen molar-refractivity contribution in [3.05, 3.63) is 77.9 Å². The summed E-state index contributed by atoms with van der Waals surface area (Å²) in [5.74, 6) is -2.15. The Morgan fingerprint density at radius 3 is 2.76 bits per heavy atom. The summed E-state index contributed by atoms with van der Waals surface area (Å²) in [5.41, 5.74) is -0.728.